The van der Waals surface area contributed by atoms with Crippen molar-refractivity contribution in [1.82, 2.24) is 19.6 Å². The number of aryl methyl sites for hydroxylation is 1. The van der Waals surface area contributed by atoms with Gasteiger partial charge in [0.25, 0.3) is 0 Å². The van der Waals surface area contributed by atoms with Crippen LogP contribution in [0.4, 0.5) is 0 Å². The predicted octanol–water partition coefficient (Wildman–Crippen LogP) is 4.80. The molecule has 182 valence electrons. The van der Waals surface area contributed by atoms with E-state index in [1.165, 1.54) is 24.0 Å². The molecular formula is C27H18N4O6. The largest absolute Gasteiger partial charge is 0.504 e. The van der Waals surface area contributed by atoms with Crippen molar-refractivity contribution >= 4 is 16.6 Å². The predicted molar refractivity (Wildman–Crippen MR) is 131 cm³/mol. The quantitative estimate of drug-likeness (QED) is 0.345. The first-order valence-electron chi connectivity index (χ1n) is 11.4. The molecule has 0 amide bonds. The molecule has 0 aliphatic carbocycles. The molecule has 0 spiro atoms. The number of phenolic OH excluding ortho intramolecular Hbond substituents is 1. The summed E-state index contributed by atoms with van der Waals surface area (Å²) in [6, 6.07) is 15.7. The second kappa shape index (κ2) is 7.69. The summed E-state index contributed by atoms with van der Waals surface area (Å²) >= 11 is 0. The van der Waals surface area contributed by atoms with Gasteiger partial charge in [0.05, 0.1) is 29.5 Å². The lowest BCUT2D eigenvalue weighted by molar-refractivity contribution is 0.373. The number of aromatic nitrogens is 4. The lowest BCUT2D eigenvalue weighted by Crippen LogP contribution is -2.22. The Labute approximate surface area is 208 Å². The fraction of sp³-hybridized carbons (Fsp3) is 0.111. The van der Waals surface area contributed by atoms with Crippen molar-refractivity contribution in [2.45, 2.75) is 12.8 Å². The molecule has 5 heterocycles. The Bertz CT molecular complexity index is 1920. The van der Waals surface area contributed by atoms with Crippen LogP contribution in [0.15, 0.2) is 74.6 Å². The van der Waals surface area contributed by atoms with Crippen LogP contribution in [0.5, 0.6) is 23.1 Å². The smallest absolute Gasteiger partial charge is 0.344 e. The molecule has 0 bridgehead atoms. The van der Waals surface area contributed by atoms with Gasteiger partial charge in [0, 0.05) is 5.56 Å². The molecule has 6 aromatic rings. The standard InChI is InChI=1S/C27H18N4O6/c1-13-7-9-19(35-13)20-21-23(15-5-3-4-6-17(15)36-27(21)33)37-26-22(20)25-29-24(30-31(25)12-28-26)14-8-10-18(34-2)16(32)11-14/h3-12,20,32H,1-2H3. The van der Waals surface area contributed by atoms with Crippen molar-refractivity contribution in [2.75, 3.05) is 7.11 Å². The van der Waals surface area contributed by atoms with Gasteiger partial charge in [-0.1, -0.05) is 12.1 Å². The van der Waals surface area contributed by atoms with Gasteiger partial charge in [-0.3, -0.25) is 0 Å². The molecule has 10 nitrogen and oxygen atoms in total. The van der Waals surface area contributed by atoms with Gasteiger partial charge in [0.15, 0.2) is 28.7 Å². The topological polar surface area (TPSA) is 125 Å². The fourth-order valence-corrected chi connectivity index (χ4v) is 4.77. The fourth-order valence-electron chi connectivity index (χ4n) is 4.77. The monoisotopic (exact) mass is 494 g/mol. The zero-order chi connectivity index (χ0) is 25.3. The highest BCUT2D eigenvalue weighted by molar-refractivity contribution is 5.86. The number of hydrogen-bond acceptors (Lipinski definition) is 9. The van der Waals surface area contributed by atoms with E-state index in [9.17, 15) is 9.90 Å². The summed E-state index contributed by atoms with van der Waals surface area (Å²) in [6.45, 7) is 1.83. The molecule has 1 unspecified atom stereocenters. The van der Waals surface area contributed by atoms with E-state index < -0.39 is 11.5 Å². The van der Waals surface area contributed by atoms with Gasteiger partial charge in [0.2, 0.25) is 5.88 Å². The third-order valence-corrected chi connectivity index (χ3v) is 6.44. The second-order valence-corrected chi connectivity index (χ2v) is 8.67. The van der Waals surface area contributed by atoms with E-state index in [-0.39, 0.29) is 11.6 Å². The van der Waals surface area contributed by atoms with Crippen LogP contribution in [0.25, 0.3) is 28.0 Å². The van der Waals surface area contributed by atoms with Crippen molar-refractivity contribution in [2.24, 2.45) is 0 Å². The molecule has 7 rings (SSSR count). The van der Waals surface area contributed by atoms with Crippen LogP contribution >= 0.6 is 0 Å². The minimum absolute atomic E-state index is 0.0373. The third kappa shape index (κ3) is 3.12. The number of phenols is 1. The minimum Gasteiger partial charge on any atom is -0.504 e. The van der Waals surface area contributed by atoms with E-state index in [1.54, 1.807) is 24.3 Å². The lowest BCUT2D eigenvalue weighted by Gasteiger charge is -2.25. The van der Waals surface area contributed by atoms with Crippen molar-refractivity contribution < 1.29 is 23.4 Å². The van der Waals surface area contributed by atoms with E-state index in [4.69, 9.17) is 23.3 Å². The summed E-state index contributed by atoms with van der Waals surface area (Å²) in [7, 11) is 1.48. The maximum Gasteiger partial charge on any atom is 0.344 e. The van der Waals surface area contributed by atoms with E-state index >= 15 is 0 Å². The van der Waals surface area contributed by atoms with Crippen molar-refractivity contribution in [3.8, 4) is 34.5 Å². The summed E-state index contributed by atoms with van der Waals surface area (Å²) in [4.78, 5) is 22.6. The highest BCUT2D eigenvalue weighted by Gasteiger charge is 2.39. The highest BCUT2D eigenvalue weighted by Crippen LogP contribution is 2.49. The number of benzene rings is 2. The zero-order valence-corrected chi connectivity index (χ0v) is 19.6. The van der Waals surface area contributed by atoms with Crippen LogP contribution in [0, 0.1) is 6.92 Å². The Balaban J connectivity index is 1.50. The van der Waals surface area contributed by atoms with Crippen LogP contribution in [0.3, 0.4) is 0 Å². The Morgan fingerprint density at radius 2 is 1.92 bits per heavy atom. The number of nitrogens with zero attached hydrogens (tertiary/aromatic N) is 4. The van der Waals surface area contributed by atoms with Crippen molar-refractivity contribution in [1.29, 1.82) is 0 Å². The van der Waals surface area contributed by atoms with Gasteiger partial charge >= 0.3 is 5.63 Å². The first-order valence-corrected chi connectivity index (χ1v) is 11.4. The summed E-state index contributed by atoms with van der Waals surface area (Å²) in [5.41, 5.74) is 1.68. The Kier molecular flexibility index (Phi) is 4.40. The average Bonchev–Trinajstić information content (AvgIpc) is 3.54. The van der Waals surface area contributed by atoms with Crippen LogP contribution in [0.2, 0.25) is 0 Å². The number of ether oxygens (including phenoxy) is 2. The van der Waals surface area contributed by atoms with Gasteiger partial charge in [-0.2, -0.15) is 0 Å². The molecule has 0 radical (unpaired) electrons. The molecule has 0 fully saturated rings. The zero-order valence-electron chi connectivity index (χ0n) is 19.6. The van der Waals surface area contributed by atoms with Gasteiger partial charge in [-0.25, -0.2) is 19.3 Å². The number of hydrogen-bond donors (Lipinski definition) is 1. The van der Waals surface area contributed by atoms with Crippen molar-refractivity contribution in [3.05, 3.63) is 94.0 Å². The van der Waals surface area contributed by atoms with E-state index in [0.29, 0.717) is 62.2 Å². The van der Waals surface area contributed by atoms with E-state index in [0.717, 1.165) is 0 Å². The number of methoxy groups -OCH3 is 1. The van der Waals surface area contributed by atoms with E-state index in [1.807, 2.05) is 31.2 Å². The molecule has 37 heavy (non-hydrogen) atoms. The van der Waals surface area contributed by atoms with E-state index in [2.05, 4.69) is 10.1 Å². The summed E-state index contributed by atoms with van der Waals surface area (Å²) in [5.74, 6) is 1.80. The molecule has 4 aromatic heterocycles. The molecule has 1 N–H and O–H groups in total. The van der Waals surface area contributed by atoms with Gasteiger partial charge < -0.3 is 23.4 Å². The van der Waals surface area contributed by atoms with Gasteiger partial charge in [0.1, 0.15) is 23.4 Å². The molecule has 1 atom stereocenters. The first kappa shape index (κ1) is 21.2. The Morgan fingerprint density at radius 3 is 2.70 bits per heavy atom. The van der Waals surface area contributed by atoms with Crippen LogP contribution < -0.4 is 15.1 Å². The number of fused-ring (bicyclic) bond motifs is 6. The number of rotatable bonds is 3. The van der Waals surface area contributed by atoms with Gasteiger partial charge in [-0.05, 0) is 49.4 Å². The van der Waals surface area contributed by atoms with Crippen LogP contribution in [-0.4, -0.2) is 31.8 Å². The maximum absolute atomic E-state index is 13.3. The third-order valence-electron chi connectivity index (χ3n) is 6.44. The Hall–Kier alpha value is -5.12. The molecular weight excluding hydrogens is 476 g/mol. The number of furan rings is 1. The molecule has 2 aromatic carbocycles. The summed E-state index contributed by atoms with van der Waals surface area (Å²) < 4.78 is 24.6. The van der Waals surface area contributed by atoms with Crippen LogP contribution in [0.1, 0.15) is 28.6 Å². The molecule has 1 aliphatic heterocycles. The van der Waals surface area contributed by atoms with Crippen LogP contribution in [-0.2, 0) is 0 Å². The number of aromatic hydroxyl groups is 1. The molecule has 0 saturated heterocycles. The molecule has 0 saturated carbocycles. The number of para-hydroxylation sites is 1. The van der Waals surface area contributed by atoms with Gasteiger partial charge in [-0.15, -0.1) is 5.10 Å². The SMILES string of the molecule is COc1ccc(-c2nc3c4c(ncn3n2)Oc2c(c(=O)oc3ccccc23)C4c2ccc(C)o2)cc1O. The molecule has 10 heteroatoms. The minimum atomic E-state index is -0.703. The highest BCUT2D eigenvalue weighted by atomic mass is 16.5. The summed E-state index contributed by atoms with van der Waals surface area (Å²) in [6.07, 6.45) is 1.50. The second-order valence-electron chi connectivity index (χ2n) is 8.67. The first-order chi connectivity index (χ1) is 18.0. The normalized spacial score (nSPS) is 14.4. The average molecular weight is 494 g/mol. The van der Waals surface area contributed by atoms with Crippen molar-refractivity contribution in [3.63, 3.8) is 0 Å². The summed E-state index contributed by atoms with van der Waals surface area (Å²) in [5, 5.41) is 15.5. The molecule has 1 aliphatic rings. The Morgan fingerprint density at radius 1 is 1.05 bits per heavy atom. The lowest BCUT2D eigenvalue weighted by atomic mass is 9.88. The maximum atomic E-state index is 13.3.